The molecule has 0 N–H and O–H groups in total. The standard InChI is InChI=1S/C15H11BrF3NO/c1-9-13(16)5-10(8-20-9)6-14(21)11-3-2-4-12(7-11)15(17,18)19/h2-5,7-8H,6H2,1H3. The van der Waals surface area contributed by atoms with Crippen LogP contribution in [-0.4, -0.2) is 10.8 Å². The molecule has 2 nitrogen and oxygen atoms in total. The Kier molecular flexibility index (Phi) is 4.46. The van der Waals surface area contributed by atoms with Gasteiger partial charge in [0.15, 0.2) is 5.78 Å². The molecule has 0 atom stereocenters. The zero-order chi connectivity index (χ0) is 15.6. The topological polar surface area (TPSA) is 30.0 Å². The lowest BCUT2D eigenvalue weighted by Crippen LogP contribution is -2.09. The van der Waals surface area contributed by atoms with Crippen molar-refractivity contribution in [2.75, 3.05) is 0 Å². The van der Waals surface area contributed by atoms with Crippen molar-refractivity contribution in [3.05, 3.63) is 63.4 Å². The van der Waals surface area contributed by atoms with Crippen molar-refractivity contribution >= 4 is 21.7 Å². The Morgan fingerprint density at radius 3 is 2.62 bits per heavy atom. The number of benzene rings is 1. The molecule has 0 amide bonds. The number of halogens is 4. The summed E-state index contributed by atoms with van der Waals surface area (Å²) in [6.45, 7) is 1.81. The fourth-order valence-electron chi connectivity index (χ4n) is 1.80. The number of alkyl halides is 3. The molecule has 0 aliphatic carbocycles. The number of rotatable bonds is 3. The molecule has 1 aromatic heterocycles. The van der Waals surface area contributed by atoms with Gasteiger partial charge in [-0.15, -0.1) is 0 Å². The molecule has 0 saturated heterocycles. The number of hydrogen-bond donors (Lipinski definition) is 0. The van der Waals surface area contributed by atoms with E-state index >= 15 is 0 Å². The lowest BCUT2D eigenvalue weighted by molar-refractivity contribution is -0.137. The lowest BCUT2D eigenvalue weighted by atomic mass is 10.0. The van der Waals surface area contributed by atoms with Crippen LogP contribution >= 0.6 is 15.9 Å². The molecule has 0 saturated carbocycles. The van der Waals surface area contributed by atoms with Gasteiger partial charge in [0, 0.05) is 22.7 Å². The van der Waals surface area contributed by atoms with E-state index in [1.165, 1.54) is 12.1 Å². The van der Waals surface area contributed by atoms with E-state index in [-0.39, 0.29) is 17.8 Å². The normalized spacial score (nSPS) is 11.5. The molecule has 0 unspecified atom stereocenters. The SMILES string of the molecule is Cc1ncc(CC(=O)c2cccc(C(F)(F)F)c2)cc1Br. The first kappa shape index (κ1) is 15.7. The molecule has 2 rings (SSSR count). The van der Waals surface area contributed by atoms with Crippen LogP contribution in [0.3, 0.4) is 0 Å². The minimum atomic E-state index is -4.45. The monoisotopic (exact) mass is 357 g/mol. The second-order valence-electron chi connectivity index (χ2n) is 4.59. The van der Waals surface area contributed by atoms with Gasteiger partial charge in [0.25, 0.3) is 0 Å². The summed E-state index contributed by atoms with van der Waals surface area (Å²) in [7, 11) is 0. The molecule has 2 aromatic rings. The number of Topliss-reactive ketones (excluding diaryl/α,β-unsaturated/α-hetero) is 1. The summed E-state index contributed by atoms with van der Waals surface area (Å²) in [5.74, 6) is -0.376. The minimum Gasteiger partial charge on any atom is -0.294 e. The maximum atomic E-state index is 12.6. The predicted octanol–water partition coefficient (Wildman–Crippen LogP) is 4.60. The number of nitrogens with zero attached hydrogens (tertiary/aromatic N) is 1. The molecular weight excluding hydrogens is 347 g/mol. The number of aryl methyl sites for hydroxylation is 1. The summed E-state index contributed by atoms with van der Waals surface area (Å²) in [4.78, 5) is 16.2. The largest absolute Gasteiger partial charge is 0.416 e. The summed E-state index contributed by atoms with van der Waals surface area (Å²) < 4.78 is 38.6. The molecule has 21 heavy (non-hydrogen) atoms. The molecule has 1 heterocycles. The minimum absolute atomic E-state index is 0.00713. The number of pyridine rings is 1. The Bertz CT molecular complexity index is 683. The highest BCUT2D eigenvalue weighted by Crippen LogP contribution is 2.29. The van der Waals surface area contributed by atoms with Crippen LogP contribution in [0.5, 0.6) is 0 Å². The van der Waals surface area contributed by atoms with Crippen LogP contribution in [0.2, 0.25) is 0 Å². The molecular formula is C15H11BrF3NO. The Labute approximate surface area is 128 Å². The third kappa shape index (κ3) is 3.91. The van der Waals surface area contributed by atoms with Crippen molar-refractivity contribution in [2.45, 2.75) is 19.5 Å². The highest BCUT2D eigenvalue weighted by atomic mass is 79.9. The smallest absolute Gasteiger partial charge is 0.294 e. The van der Waals surface area contributed by atoms with Crippen LogP contribution in [0.4, 0.5) is 13.2 Å². The molecule has 110 valence electrons. The highest BCUT2D eigenvalue weighted by Gasteiger charge is 2.30. The maximum absolute atomic E-state index is 12.6. The van der Waals surface area contributed by atoms with E-state index in [9.17, 15) is 18.0 Å². The van der Waals surface area contributed by atoms with Crippen LogP contribution in [-0.2, 0) is 12.6 Å². The van der Waals surface area contributed by atoms with Crippen LogP contribution < -0.4 is 0 Å². The van der Waals surface area contributed by atoms with Crippen LogP contribution in [0.25, 0.3) is 0 Å². The average Bonchev–Trinajstić information content (AvgIpc) is 2.42. The van der Waals surface area contributed by atoms with Crippen molar-refractivity contribution in [2.24, 2.45) is 0 Å². The summed E-state index contributed by atoms with van der Waals surface area (Å²) in [5, 5.41) is 0. The van der Waals surface area contributed by atoms with Crippen LogP contribution in [0.1, 0.15) is 27.2 Å². The quantitative estimate of drug-likeness (QED) is 0.751. The van der Waals surface area contributed by atoms with Crippen molar-refractivity contribution in [1.82, 2.24) is 4.98 Å². The number of carbonyl (C=O) groups is 1. The van der Waals surface area contributed by atoms with Gasteiger partial charge in [0.2, 0.25) is 0 Å². The van der Waals surface area contributed by atoms with Gasteiger partial charge in [-0.2, -0.15) is 13.2 Å². The first-order valence-corrected chi connectivity index (χ1v) is 6.88. The van der Waals surface area contributed by atoms with Crippen LogP contribution in [0.15, 0.2) is 41.0 Å². The van der Waals surface area contributed by atoms with E-state index in [0.717, 1.165) is 22.3 Å². The highest BCUT2D eigenvalue weighted by molar-refractivity contribution is 9.10. The average molecular weight is 358 g/mol. The number of ketones is 1. The van der Waals surface area contributed by atoms with E-state index in [4.69, 9.17) is 0 Å². The van der Waals surface area contributed by atoms with Gasteiger partial charge in [0.05, 0.1) is 11.3 Å². The van der Waals surface area contributed by atoms with Gasteiger partial charge in [-0.3, -0.25) is 9.78 Å². The molecule has 0 bridgehead atoms. The Balaban J connectivity index is 2.22. The Hall–Kier alpha value is -1.69. The third-order valence-corrected chi connectivity index (χ3v) is 3.76. The number of aromatic nitrogens is 1. The summed E-state index contributed by atoms with van der Waals surface area (Å²) >= 11 is 3.31. The molecule has 0 aliphatic heterocycles. The van der Waals surface area contributed by atoms with Crippen molar-refractivity contribution in [1.29, 1.82) is 0 Å². The van der Waals surface area contributed by atoms with Crippen molar-refractivity contribution < 1.29 is 18.0 Å². The van der Waals surface area contributed by atoms with E-state index in [2.05, 4.69) is 20.9 Å². The second kappa shape index (κ2) is 5.97. The number of carbonyl (C=O) groups excluding carboxylic acids is 1. The molecule has 0 spiro atoms. The Morgan fingerprint density at radius 2 is 2.00 bits per heavy atom. The molecule has 0 fully saturated rings. The number of hydrogen-bond acceptors (Lipinski definition) is 2. The van der Waals surface area contributed by atoms with E-state index in [1.54, 1.807) is 12.3 Å². The molecule has 1 aromatic carbocycles. The van der Waals surface area contributed by atoms with E-state index in [1.807, 2.05) is 6.92 Å². The fraction of sp³-hybridized carbons (Fsp3) is 0.200. The zero-order valence-electron chi connectivity index (χ0n) is 11.0. The summed E-state index contributed by atoms with van der Waals surface area (Å²) in [6.07, 6.45) is -2.90. The predicted molar refractivity (Wildman–Crippen MR) is 76.2 cm³/mol. The summed E-state index contributed by atoms with van der Waals surface area (Å²) in [6, 6.07) is 6.18. The van der Waals surface area contributed by atoms with Gasteiger partial charge in [0.1, 0.15) is 0 Å². The van der Waals surface area contributed by atoms with Gasteiger partial charge in [-0.1, -0.05) is 12.1 Å². The lowest BCUT2D eigenvalue weighted by Gasteiger charge is -2.08. The van der Waals surface area contributed by atoms with Gasteiger partial charge in [-0.25, -0.2) is 0 Å². The van der Waals surface area contributed by atoms with Crippen LogP contribution in [0, 0.1) is 6.92 Å². The Morgan fingerprint density at radius 1 is 1.29 bits per heavy atom. The first-order valence-electron chi connectivity index (χ1n) is 6.09. The molecule has 0 radical (unpaired) electrons. The molecule has 0 aliphatic rings. The van der Waals surface area contributed by atoms with Gasteiger partial charge < -0.3 is 0 Å². The van der Waals surface area contributed by atoms with E-state index in [0.29, 0.717) is 5.56 Å². The van der Waals surface area contributed by atoms with Crippen molar-refractivity contribution in [3.8, 4) is 0 Å². The second-order valence-corrected chi connectivity index (χ2v) is 5.44. The van der Waals surface area contributed by atoms with Gasteiger partial charge in [-0.05, 0) is 46.6 Å². The maximum Gasteiger partial charge on any atom is 0.416 e. The first-order chi connectivity index (χ1) is 9.77. The summed E-state index contributed by atoms with van der Waals surface area (Å²) in [5.41, 5.74) is 0.651. The third-order valence-electron chi connectivity index (χ3n) is 2.96. The van der Waals surface area contributed by atoms with E-state index < -0.39 is 11.7 Å². The molecule has 6 heteroatoms. The fourth-order valence-corrected chi connectivity index (χ4v) is 2.20. The zero-order valence-corrected chi connectivity index (χ0v) is 12.6. The van der Waals surface area contributed by atoms with Crippen molar-refractivity contribution in [3.63, 3.8) is 0 Å². The van der Waals surface area contributed by atoms with Gasteiger partial charge >= 0.3 is 6.18 Å².